The van der Waals surface area contributed by atoms with E-state index in [1.807, 2.05) is 30.3 Å². The molecule has 1 saturated heterocycles. The van der Waals surface area contributed by atoms with Gasteiger partial charge in [0.25, 0.3) is 0 Å². The molecule has 35 heavy (non-hydrogen) atoms. The van der Waals surface area contributed by atoms with Crippen LogP contribution >= 0.6 is 11.6 Å². The average molecular weight is 501 g/mol. The molecule has 10 heteroatoms. The number of benzene rings is 2. The molecule has 186 valence electrons. The number of piperidine rings is 1. The number of ether oxygens (including phenoxy) is 3. The van der Waals surface area contributed by atoms with Crippen molar-refractivity contribution in [1.82, 2.24) is 20.4 Å². The highest BCUT2D eigenvalue weighted by Gasteiger charge is 2.26. The molecule has 0 saturated carbocycles. The van der Waals surface area contributed by atoms with Gasteiger partial charge in [0.05, 0.1) is 32.9 Å². The SMILES string of the molecule is COc1cc(CNC(=O)C2CCN(Cc3nc(-c4ccccc4Cl)no3)CC2)cc(OC)c1OC. The maximum Gasteiger partial charge on any atom is 0.241 e. The number of carbonyl (C=O) groups is 1. The van der Waals surface area contributed by atoms with Crippen molar-refractivity contribution in [3.8, 4) is 28.6 Å². The summed E-state index contributed by atoms with van der Waals surface area (Å²) in [6.45, 7) is 2.46. The second kappa shape index (κ2) is 11.4. The number of methoxy groups -OCH3 is 3. The van der Waals surface area contributed by atoms with E-state index in [1.165, 1.54) is 0 Å². The van der Waals surface area contributed by atoms with Crippen LogP contribution in [0.2, 0.25) is 5.02 Å². The number of amides is 1. The minimum atomic E-state index is -0.0466. The molecule has 1 fully saturated rings. The number of hydrogen-bond acceptors (Lipinski definition) is 8. The zero-order valence-corrected chi connectivity index (χ0v) is 20.8. The van der Waals surface area contributed by atoms with E-state index in [0.29, 0.717) is 47.1 Å². The van der Waals surface area contributed by atoms with Gasteiger partial charge >= 0.3 is 0 Å². The third-order valence-corrected chi connectivity index (χ3v) is 6.42. The summed E-state index contributed by atoms with van der Waals surface area (Å²) in [6.07, 6.45) is 1.51. The van der Waals surface area contributed by atoms with Crippen LogP contribution in [-0.2, 0) is 17.9 Å². The van der Waals surface area contributed by atoms with Gasteiger partial charge in [0.2, 0.25) is 23.4 Å². The summed E-state index contributed by atoms with van der Waals surface area (Å²) in [5.74, 6) is 2.65. The minimum Gasteiger partial charge on any atom is -0.493 e. The Morgan fingerprint density at radius 3 is 2.43 bits per heavy atom. The van der Waals surface area contributed by atoms with Crippen molar-refractivity contribution in [2.45, 2.75) is 25.9 Å². The molecule has 2 aromatic carbocycles. The van der Waals surface area contributed by atoms with Crippen molar-refractivity contribution >= 4 is 17.5 Å². The fourth-order valence-corrected chi connectivity index (χ4v) is 4.41. The maximum atomic E-state index is 12.8. The quantitative estimate of drug-likeness (QED) is 0.471. The number of likely N-dealkylation sites (tertiary alicyclic amines) is 1. The Balaban J connectivity index is 1.28. The minimum absolute atomic E-state index is 0.0391. The Morgan fingerprint density at radius 2 is 1.80 bits per heavy atom. The molecule has 0 spiro atoms. The first-order valence-corrected chi connectivity index (χ1v) is 11.8. The second-order valence-electron chi connectivity index (χ2n) is 8.29. The van der Waals surface area contributed by atoms with Crippen LogP contribution < -0.4 is 19.5 Å². The molecule has 1 aliphatic rings. The average Bonchev–Trinajstić information content (AvgIpc) is 3.35. The predicted octanol–water partition coefficient (Wildman–Crippen LogP) is 3.94. The van der Waals surface area contributed by atoms with Gasteiger partial charge < -0.3 is 24.1 Å². The standard InChI is InChI=1S/C25H29ClN4O5/c1-32-20-12-16(13-21(33-2)23(20)34-3)14-27-25(31)17-8-10-30(11-9-17)15-22-28-24(29-35-22)18-6-4-5-7-19(18)26/h4-7,12-13,17H,8-11,14-15H2,1-3H3,(H,27,31). The first kappa shape index (κ1) is 24.8. The normalized spacial score (nSPS) is 14.5. The van der Waals surface area contributed by atoms with Crippen molar-refractivity contribution in [2.75, 3.05) is 34.4 Å². The van der Waals surface area contributed by atoms with Crippen LogP contribution in [0.25, 0.3) is 11.4 Å². The van der Waals surface area contributed by atoms with E-state index in [4.69, 9.17) is 30.3 Å². The number of rotatable bonds is 9. The summed E-state index contributed by atoms with van der Waals surface area (Å²) in [6, 6.07) is 11.1. The lowest BCUT2D eigenvalue weighted by atomic mass is 9.96. The van der Waals surface area contributed by atoms with Gasteiger partial charge in [0, 0.05) is 18.0 Å². The molecular weight excluding hydrogens is 472 g/mol. The van der Waals surface area contributed by atoms with Crippen LogP contribution in [0.1, 0.15) is 24.3 Å². The first-order chi connectivity index (χ1) is 17.0. The van der Waals surface area contributed by atoms with Crippen LogP contribution in [0.5, 0.6) is 17.2 Å². The van der Waals surface area contributed by atoms with Gasteiger partial charge in [-0.3, -0.25) is 9.69 Å². The van der Waals surface area contributed by atoms with Crippen LogP contribution in [0.3, 0.4) is 0 Å². The zero-order valence-electron chi connectivity index (χ0n) is 20.0. The monoisotopic (exact) mass is 500 g/mol. The van der Waals surface area contributed by atoms with E-state index in [2.05, 4.69) is 20.4 Å². The summed E-state index contributed by atoms with van der Waals surface area (Å²) >= 11 is 6.23. The molecule has 2 heterocycles. The van der Waals surface area contributed by atoms with Crippen molar-refractivity contribution in [3.05, 3.63) is 52.9 Å². The van der Waals surface area contributed by atoms with E-state index in [-0.39, 0.29) is 11.8 Å². The number of nitrogens with one attached hydrogen (secondary N) is 1. The molecule has 1 amide bonds. The van der Waals surface area contributed by atoms with Gasteiger partial charge in [-0.05, 0) is 55.8 Å². The van der Waals surface area contributed by atoms with Gasteiger partial charge in [0.15, 0.2) is 11.5 Å². The van der Waals surface area contributed by atoms with Gasteiger partial charge in [0.1, 0.15) is 0 Å². The summed E-state index contributed by atoms with van der Waals surface area (Å²) in [5.41, 5.74) is 1.61. The fourth-order valence-electron chi connectivity index (χ4n) is 4.19. The van der Waals surface area contributed by atoms with Crippen molar-refractivity contribution in [2.24, 2.45) is 5.92 Å². The lowest BCUT2D eigenvalue weighted by Gasteiger charge is -2.30. The maximum absolute atomic E-state index is 12.8. The second-order valence-corrected chi connectivity index (χ2v) is 8.70. The molecule has 1 N–H and O–H groups in total. The van der Waals surface area contributed by atoms with Crippen molar-refractivity contribution in [1.29, 1.82) is 0 Å². The number of hydrogen-bond donors (Lipinski definition) is 1. The van der Waals surface area contributed by atoms with E-state index in [0.717, 1.165) is 37.1 Å². The molecule has 1 aromatic heterocycles. The highest BCUT2D eigenvalue weighted by Crippen LogP contribution is 2.38. The van der Waals surface area contributed by atoms with E-state index < -0.39 is 0 Å². The van der Waals surface area contributed by atoms with Gasteiger partial charge in [-0.15, -0.1) is 0 Å². The Bertz CT molecular complexity index is 1140. The molecule has 3 aromatic rings. The molecule has 0 radical (unpaired) electrons. The largest absolute Gasteiger partial charge is 0.493 e. The summed E-state index contributed by atoms with van der Waals surface area (Å²) in [4.78, 5) is 19.5. The van der Waals surface area contributed by atoms with Gasteiger partial charge in [-0.1, -0.05) is 28.9 Å². The summed E-state index contributed by atoms with van der Waals surface area (Å²) in [7, 11) is 4.70. The lowest BCUT2D eigenvalue weighted by molar-refractivity contribution is -0.126. The Kier molecular flexibility index (Phi) is 8.09. The number of aromatic nitrogens is 2. The predicted molar refractivity (Wildman–Crippen MR) is 131 cm³/mol. The first-order valence-electron chi connectivity index (χ1n) is 11.4. The Labute approximate surface area is 209 Å². The highest BCUT2D eigenvalue weighted by atomic mass is 35.5. The molecule has 9 nitrogen and oxygen atoms in total. The molecule has 4 rings (SSSR count). The van der Waals surface area contributed by atoms with Crippen molar-refractivity contribution in [3.63, 3.8) is 0 Å². The lowest BCUT2D eigenvalue weighted by Crippen LogP contribution is -2.40. The van der Waals surface area contributed by atoms with E-state index >= 15 is 0 Å². The third kappa shape index (κ3) is 5.86. The van der Waals surface area contributed by atoms with E-state index in [1.54, 1.807) is 27.4 Å². The molecular formula is C25H29ClN4O5. The third-order valence-electron chi connectivity index (χ3n) is 6.09. The topological polar surface area (TPSA) is 99.0 Å². The molecule has 0 atom stereocenters. The molecule has 1 aliphatic heterocycles. The van der Waals surface area contributed by atoms with Crippen LogP contribution in [-0.4, -0.2) is 55.4 Å². The van der Waals surface area contributed by atoms with Gasteiger partial charge in [-0.2, -0.15) is 4.98 Å². The van der Waals surface area contributed by atoms with Gasteiger partial charge in [-0.25, -0.2) is 0 Å². The summed E-state index contributed by atoms with van der Waals surface area (Å²) in [5, 5.41) is 7.68. The number of halogens is 1. The van der Waals surface area contributed by atoms with Crippen LogP contribution in [0.15, 0.2) is 40.9 Å². The summed E-state index contributed by atoms with van der Waals surface area (Å²) < 4.78 is 21.6. The fraction of sp³-hybridized carbons (Fsp3) is 0.400. The zero-order chi connectivity index (χ0) is 24.8. The van der Waals surface area contributed by atoms with Crippen LogP contribution in [0, 0.1) is 5.92 Å². The van der Waals surface area contributed by atoms with Crippen LogP contribution in [0.4, 0.5) is 0 Å². The molecule has 0 unspecified atom stereocenters. The molecule has 0 bridgehead atoms. The number of carbonyl (C=O) groups excluding carboxylic acids is 1. The highest BCUT2D eigenvalue weighted by molar-refractivity contribution is 6.33. The molecule has 0 aliphatic carbocycles. The Morgan fingerprint density at radius 1 is 1.11 bits per heavy atom. The van der Waals surface area contributed by atoms with Crippen molar-refractivity contribution < 1.29 is 23.5 Å². The van der Waals surface area contributed by atoms with E-state index in [9.17, 15) is 4.79 Å². The smallest absolute Gasteiger partial charge is 0.241 e. The Hall–Kier alpha value is -3.30. The number of nitrogens with zero attached hydrogens (tertiary/aromatic N) is 3.